The predicted octanol–water partition coefficient (Wildman–Crippen LogP) is 5.00. The molecule has 0 fully saturated rings. The first kappa shape index (κ1) is 15.9. The Kier molecular flexibility index (Phi) is 4.88. The fourth-order valence-corrected chi connectivity index (χ4v) is 3.50. The summed E-state index contributed by atoms with van der Waals surface area (Å²) in [4.78, 5) is 3.97. The lowest BCUT2D eigenvalue weighted by Crippen LogP contribution is -2.17. The molecule has 0 aliphatic carbocycles. The minimum Gasteiger partial charge on any atom is -0.309 e. The fourth-order valence-electron chi connectivity index (χ4n) is 1.74. The highest BCUT2D eigenvalue weighted by atomic mass is 79.9. The number of thiazole rings is 1. The van der Waals surface area contributed by atoms with Gasteiger partial charge in [0.1, 0.15) is 0 Å². The molecular weight excluding hydrogens is 421 g/mol. The maximum Gasteiger partial charge on any atom is 0.443 e. The minimum atomic E-state index is -4.41. The molecule has 1 atom stereocenters. The summed E-state index contributed by atoms with van der Waals surface area (Å²) in [5.41, 5.74) is 0.847. The third-order valence-corrected chi connectivity index (χ3v) is 4.93. The van der Waals surface area contributed by atoms with Crippen molar-refractivity contribution < 1.29 is 13.2 Å². The summed E-state index contributed by atoms with van der Waals surface area (Å²) >= 11 is 7.43. The van der Waals surface area contributed by atoms with Crippen LogP contribution in [0.4, 0.5) is 13.2 Å². The minimum absolute atomic E-state index is 0.351. The van der Waals surface area contributed by atoms with Crippen LogP contribution in [0.15, 0.2) is 33.3 Å². The van der Waals surface area contributed by atoms with Crippen molar-refractivity contribution in [3.8, 4) is 0 Å². The molecule has 1 aromatic carbocycles. The van der Waals surface area contributed by atoms with Gasteiger partial charge in [-0.05, 0) is 30.8 Å². The topological polar surface area (TPSA) is 24.9 Å². The quantitative estimate of drug-likeness (QED) is 0.742. The van der Waals surface area contributed by atoms with Gasteiger partial charge in [0.15, 0.2) is 5.01 Å². The molecule has 0 bridgehead atoms. The largest absolute Gasteiger partial charge is 0.443 e. The fraction of sp³-hybridized carbons (Fsp3) is 0.250. The molecule has 0 saturated carbocycles. The molecular formula is C12H9Br2F3N2S. The SMILES string of the molecule is CNC(c1cnc(C(F)(F)F)s1)c1cc(Br)ccc1Br. The van der Waals surface area contributed by atoms with Crippen LogP contribution in [0.5, 0.6) is 0 Å². The van der Waals surface area contributed by atoms with Crippen LogP contribution in [0.2, 0.25) is 0 Å². The Hall–Kier alpha value is -0.440. The highest BCUT2D eigenvalue weighted by Gasteiger charge is 2.35. The van der Waals surface area contributed by atoms with E-state index in [9.17, 15) is 13.2 Å². The van der Waals surface area contributed by atoms with Crippen molar-refractivity contribution in [3.05, 3.63) is 48.8 Å². The second-order valence-electron chi connectivity index (χ2n) is 3.95. The molecule has 20 heavy (non-hydrogen) atoms. The van der Waals surface area contributed by atoms with Gasteiger partial charge >= 0.3 is 6.18 Å². The first-order valence-electron chi connectivity index (χ1n) is 5.48. The van der Waals surface area contributed by atoms with Crippen molar-refractivity contribution in [1.82, 2.24) is 10.3 Å². The number of nitrogens with one attached hydrogen (secondary N) is 1. The van der Waals surface area contributed by atoms with E-state index in [4.69, 9.17) is 0 Å². The van der Waals surface area contributed by atoms with Gasteiger partial charge < -0.3 is 5.32 Å². The number of nitrogens with zero attached hydrogens (tertiary/aromatic N) is 1. The van der Waals surface area contributed by atoms with Gasteiger partial charge in [0.2, 0.25) is 0 Å². The highest BCUT2D eigenvalue weighted by Crippen LogP contribution is 2.37. The summed E-state index contributed by atoms with van der Waals surface area (Å²) in [6.45, 7) is 0. The van der Waals surface area contributed by atoms with Crippen LogP contribution < -0.4 is 5.32 Å². The lowest BCUT2D eigenvalue weighted by molar-refractivity contribution is -0.137. The lowest BCUT2D eigenvalue weighted by Gasteiger charge is -2.16. The number of hydrogen-bond donors (Lipinski definition) is 1. The van der Waals surface area contributed by atoms with E-state index in [0.717, 1.165) is 14.5 Å². The third-order valence-electron chi connectivity index (χ3n) is 2.61. The average molecular weight is 430 g/mol. The Labute approximate surface area is 134 Å². The summed E-state index contributed by atoms with van der Waals surface area (Å²) < 4.78 is 39.6. The predicted molar refractivity (Wildman–Crippen MR) is 79.9 cm³/mol. The zero-order chi connectivity index (χ0) is 14.9. The number of halogens is 5. The number of alkyl halides is 3. The Morgan fingerprint density at radius 2 is 2.00 bits per heavy atom. The number of benzene rings is 1. The second-order valence-corrected chi connectivity index (χ2v) is 6.79. The van der Waals surface area contributed by atoms with Crippen LogP contribution in [-0.2, 0) is 6.18 Å². The Morgan fingerprint density at radius 1 is 1.30 bits per heavy atom. The molecule has 1 N–H and O–H groups in total. The zero-order valence-electron chi connectivity index (χ0n) is 10.1. The van der Waals surface area contributed by atoms with E-state index >= 15 is 0 Å². The molecule has 2 nitrogen and oxygen atoms in total. The van der Waals surface area contributed by atoms with Crippen LogP contribution in [0.1, 0.15) is 21.5 Å². The summed E-state index contributed by atoms with van der Waals surface area (Å²) in [6.07, 6.45) is -3.14. The Balaban J connectivity index is 2.42. The Morgan fingerprint density at radius 3 is 2.55 bits per heavy atom. The van der Waals surface area contributed by atoms with Gasteiger partial charge in [-0.1, -0.05) is 31.9 Å². The molecule has 0 aliphatic heterocycles. The zero-order valence-corrected chi connectivity index (χ0v) is 14.1. The van der Waals surface area contributed by atoms with E-state index in [2.05, 4.69) is 42.2 Å². The molecule has 1 heterocycles. The van der Waals surface area contributed by atoms with Crippen LogP contribution in [0.25, 0.3) is 0 Å². The van der Waals surface area contributed by atoms with Crippen LogP contribution >= 0.6 is 43.2 Å². The number of hydrogen-bond acceptors (Lipinski definition) is 3. The van der Waals surface area contributed by atoms with Gasteiger partial charge in [0, 0.05) is 20.0 Å². The molecule has 0 radical (unpaired) electrons. The number of rotatable bonds is 3. The summed E-state index contributed by atoms with van der Waals surface area (Å²) in [6, 6.07) is 5.21. The van der Waals surface area contributed by atoms with Gasteiger partial charge in [-0.25, -0.2) is 4.98 Å². The van der Waals surface area contributed by atoms with Crippen LogP contribution in [-0.4, -0.2) is 12.0 Å². The molecule has 0 amide bonds. The van der Waals surface area contributed by atoms with E-state index in [1.807, 2.05) is 18.2 Å². The maximum atomic E-state index is 12.6. The van der Waals surface area contributed by atoms with Gasteiger partial charge in [-0.3, -0.25) is 0 Å². The van der Waals surface area contributed by atoms with E-state index in [0.29, 0.717) is 16.2 Å². The van der Waals surface area contributed by atoms with Crippen LogP contribution in [0.3, 0.4) is 0 Å². The number of aromatic nitrogens is 1. The first-order chi connectivity index (χ1) is 9.32. The second kappa shape index (κ2) is 6.13. The lowest BCUT2D eigenvalue weighted by atomic mass is 10.1. The average Bonchev–Trinajstić information content (AvgIpc) is 2.84. The van der Waals surface area contributed by atoms with E-state index in [-0.39, 0.29) is 6.04 Å². The molecule has 2 aromatic rings. The summed E-state index contributed by atoms with van der Waals surface area (Å²) in [7, 11) is 1.70. The van der Waals surface area contributed by atoms with Crippen LogP contribution in [0, 0.1) is 0 Å². The molecule has 0 aliphatic rings. The summed E-state index contributed by atoms with van der Waals surface area (Å²) in [5.74, 6) is 0. The van der Waals surface area contributed by atoms with Crippen molar-refractivity contribution in [1.29, 1.82) is 0 Å². The van der Waals surface area contributed by atoms with E-state index in [1.54, 1.807) is 7.05 Å². The third kappa shape index (κ3) is 3.41. The van der Waals surface area contributed by atoms with Crippen molar-refractivity contribution in [2.45, 2.75) is 12.2 Å². The van der Waals surface area contributed by atoms with E-state index in [1.165, 1.54) is 6.20 Å². The van der Waals surface area contributed by atoms with Crippen molar-refractivity contribution in [3.63, 3.8) is 0 Å². The smallest absolute Gasteiger partial charge is 0.309 e. The maximum absolute atomic E-state index is 12.6. The van der Waals surface area contributed by atoms with Gasteiger partial charge in [0.05, 0.1) is 6.04 Å². The van der Waals surface area contributed by atoms with Crippen molar-refractivity contribution >= 4 is 43.2 Å². The monoisotopic (exact) mass is 428 g/mol. The van der Waals surface area contributed by atoms with Crippen molar-refractivity contribution in [2.75, 3.05) is 7.05 Å². The first-order valence-corrected chi connectivity index (χ1v) is 7.88. The molecule has 1 unspecified atom stereocenters. The van der Waals surface area contributed by atoms with Gasteiger partial charge in [0.25, 0.3) is 0 Å². The Bertz CT molecular complexity index is 613. The van der Waals surface area contributed by atoms with Crippen molar-refractivity contribution in [2.24, 2.45) is 0 Å². The molecule has 1 aromatic heterocycles. The molecule has 2 rings (SSSR count). The normalized spacial score (nSPS) is 13.5. The van der Waals surface area contributed by atoms with E-state index < -0.39 is 11.2 Å². The highest BCUT2D eigenvalue weighted by molar-refractivity contribution is 9.11. The van der Waals surface area contributed by atoms with Gasteiger partial charge in [-0.15, -0.1) is 11.3 Å². The summed E-state index contributed by atoms with van der Waals surface area (Å²) in [5, 5.41) is 2.19. The molecule has 8 heteroatoms. The molecule has 0 saturated heterocycles. The molecule has 108 valence electrons. The standard InChI is InChI=1S/C12H9Br2F3N2S/c1-18-10(7-4-6(13)2-3-8(7)14)9-5-19-11(20-9)12(15,16)17/h2-5,10,18H,1H3. The molecule has 0 spiro atoms. The van der Waals surface area contributed by atoms with Gasteiger partial charge in [-0.2, -0.15) is 13.2 Å².